The Morgan fingerprint density at radius 3 is 2.79 bits per heavy atom. The molecule has 0 spiro atoms. The summed E-state index contributed by atoms with van der Waals surface area (Å²) in [5, 5.41) is 13.2. The second kappa shape index (κ2) is 10.8. The molecule has 1 aromatic heterocycles. The topological polar surface area (TPSA) is 74.7 Å². The zero-order chi connectivity index (χ0) is 24.1. The van der Waals surface area contributed by atoms with Gasteiger partial charge in [0, 0.05) is 44.4 Å². The number of carbonyl (C=O) groups is 1. The molecule has 1 fully saturated rings. The number of alkyl halides is 2. The van der Waals surface area contributed by atoms with Gasteiger partial charge in [0.15, 0.2) is 0 Å². The number of hydrogen-bond acceptors (Lipinski definition) is 5. The third-order valence-corrected chi connectivity index (χ3v) is 6.64. The standard InChI is InChI=1S/C26H33F2N3O3/c1-26(27,28)20-10-7-18(8-11-20)23(25(32)33)31-15-13-22(17-31)34-16-3-2-6-21-12-9-19-5-4-14-29-24(19)30-21/h7-12,22-23H,2-6,13-17H2,1H3,(H,29,30)(H,32,33)/t22-,23-/m1/s1. The van der Waals surface area contributed by atoms with Crippen LogP contribution in [0.4, 0.5) is 14.6 Å². The first-order valence-electron chi connectivity index (χ1n) is 12.1. The van der Waals surface area contributed by atoms with Crippen LogP contribution in [0.15, 0.2) is 36.4 Å². The molecule has 2 aromatic rings. The van der Waals surface area contributed by atoms with E-state index in [4.69, 9.17) is 9.72 Å². The van der Waals surface area contributed by atoms with Crippen molar-refractivity contribution in [1.82, 2.24) is 9.88 Å². The number of aromatic nitrogens is 1. The molecule has 4 rings (SSSR count). The van der Waals surface area contributed by atoms with E-state index in [1.165, 1.54) is 29.8 Å². The van der Waals surface area contributed by atoms with Crippen molar-refractivity contribution in [1.29, 1.82) is 0 Å². The second-order valence-corrected chi connectivity index (χ2v) is 9.33. The summed E-state index contributed by atoms with van der Waals surface area (Å²) in [4.78, 5) is 18.5. The van der Waals surface area contributed by atoms with E-state index in [0.717, 1.165) is 63.5 Å². The number of hydrogen-bond donors (Lipinski definition) is 2. The van der Waals surface area contributed by atoms with E-state index in [1.54, 1.807) is 0 Å². The van der Waals surface area contributed by atoms with E-state index in [1.807, 2.05) is 4.90 Å². The number of aliphatic carboxylic acids is 1. The van der Waals surface area contributed by atoms with Crippen LogP contribution in [0.5, 0.6) is 0 Å². The summed E-state index contributed by atoms with van der Waals surface area (Å²) < 4.78 is 33.0. The van der Waals surface area contributed by atoms with E-state index in [9.17, 15) is 18.7 Å². The highest BCUT2D eigenvalue weighted by atomic mass is 19.3. The molecule has 2 atom stereocenters. The van der Waals surface area contributed by atoms with Crippen molar-refractivity contribution < 1.29 is 23.4 Å². The van der Waals surface area contributed by atoms with Gasteiger partial charge in [0.1, 0.15) is 11.9 Å². The Kier molecular flexibility index (Phi) is 7.78. The summed E-state index contributed by atoms with van der Waals surface area (Å²) in [7, 11) is 0. The molecule has 0 unspecified atom stereocenters. The maximum absolute atomic E-state index is 13.5. The predicted octanol–water partition coefficient (Wildman–Crippen LogP) is 4.79. The molecule has 1 saturated heterocycles. The smallest absolute Gasteiger partial charge is 0.325 e. The van der Waals surface area contributed by atoms with Gasteiger partial charge in [-0.2, -0.15) is 0 Å². The Morgan fingerprint density at radius 1 is 1.26 bits per heavy atom. The van der Waals surface area contributed by atoms with Crippen molar-refractivity contribution in [3.63, 3.8) is 0 Å². The predicted molar refractivity (Wildman–Crippen MR) is 126 cm³/mol. The molecule has 8 heteroatoms. The minimum Gasteiger partial charge on any atom is -0.480 e. The van der Waals surface area contributed by atoms with Gasteiger partial charge in [0.2, 0.25) is 0 Å². The molecule has 0 saturated carbocycles. The van der Waals surface area contributed by atoms with Crippen LogP contribution in [0.3, 0.4) is 0 Å². The number of aryl methyl sites for hydroxylation is 2. The minimum absolute atomic E-state index is 0.0211. The number of benzene rings is 1. The number of nitrogens with one attached hydrogen (secondary N) is 1. The molecule has 3 heterocycles. The number of anilines is 1. The largest absolute Gasteiger partial charge is 0.480 e. The van der Waals surface area contributed by atoms with Gasteiger partial charge in [-0.15, -0.1) is 0 Å². The fraction of sp³-hybridized carbons (Fsp3) is 0.538. The molecule has 2 aliphatic heterocycles. The highest BCUT2D eigenvalue weighted by molar-refractivity contribution is 5.75. The number of unbranched alkanes of at least 4 members (excludes halogenated alkanes) is 1. The van der Waals surface area contributed by atoms with E-state index < -0.39 is 17.9 Å². The summed E-state index contributed by atoms with van der Waals surface area (Å²) in [5.41, 5.74) is 2.78. The first kappa shape index (κ1) is 24.5. The maximum atomic E-state index is 13.5. The van der Waals surface area contributed by atoms with Crippen molar-refractivity contribution in [2.45, 2.75) is 63.5 Å². The van der Waals surface area contributed by atoms with Crippen molar-refractivity contribution in [3.05, 3.63) is 58.8 Å². The summed E-state index contributed by atoms with van der Waals surface area (Å²) in [6, 6.07) is 9.02. The van der Waals surface area contributed by atoms with Crippen LogP contribution in [0.1, 0.15) is 61.0 Å². The maximum Gasteiger partial charge on any atom is 0.325 e. The quantitative estimate of drug-likeness (QED) is 0.484. The molecule has 6 nitrogen and oxygen atoms in total. The zero-order valence-electron chi connectivity index (χ0n) is 19.6. The average molecular weight is 474 g/mol. The van der Waals surface area contributed by atoms with E-state index in [0.29, 0.717) is 25.3 Å². The number of rotatable bonds is 10. The molecular formula is C26H33F2N3O3. The zero-order valence-corrected chi connectivity index (χ0v) is 19.6. The van der Waals surface area contributed by atoms with Gasteiger partial charge in [-0.1, -0.05) is 30.3 Å². The average Bonchev–Trinajstić information content (AvgIpc) is 3.26. The molecule has 0 bridgehead atoms. The van der Waals surface area contributed by atoms with Crippen LogP contribution in [0, 0.1) is 0 Å². The first-order valence-corrected chi connectivity index (χ1v) is 12.1. The van der Waals surface area contributed by atoms with Gasteiger partial charge < -0.3 is 15.2 Å². The molecule has 0 amide bonds. The van der Waals surface area contributed by atoms with E-state index in [2.05, 4.69) is 17.4 Å². The molecule has 0 aliphatic carbocycles. The lowest BCUT2D eigenvalue weighted by atomic mass is 10.0. The molecule has 0 radical (unpaired) electrons. The van der Waals surface area contributed by atoms with Crippen LogP contribution in [0.25, 0.3) is 0 Å². The van der Waals surface area contributed by atoms with E-state index in [-0.39, 0.29) is 11.7 Å². The number of carboxylic acid groups (broad SMARTS) is 1. The van der Waals surface area contributed by atoms with Gasteiger partial charge in [-0.25, -0.2) is 13.8 Å². The minimum atomic E-state index is -2.95. The van der Waals surface area contributed by atoms with Crippen LogP contribution >= 0.6 is 0 Å². The molecule has 1 aromatic carbocycles. The Hall–Kier alpha value is -2.58. The molecule has 2 aliphatic rings. The van der Waals surface area contributed by atoms with Gasteiger partial charge in [-0.05, 0) is 55.7 Å². The number of nitrogens with zero attached hydrogens (tertiary/aromatic N) is 2. The Morgan fingerprint density at radius 2 is 2.06 bits per heavy atom. The third kappa shape index (κ3) is 6.10. The molecule has 2 N–H and O–H groups in total. The highest BCUT2D eigenvalue weighted by Crippen LogP contribution is 2.31. The van der Waals surface area contributed by atoms with Gasteiger partial charge in [0.05, 0.1) is 6.10 Å². The molecular weight excluding hydrogens is 440 g/mol. The Labute approximate surface area is 199 Å². The lowest BCUT2D eigenvalue weighted by Gasteiger charge is -2.25. The summed E-state index contributed by atoms with van der Waals surface area (Å²) in [5.74, 6) is -2.91. The van der Waals surface area contributed by atoms with Crippen molar-refractivity contribution in [2.75, 3.05) is 31.6 Å². The van der Waals surface area contributed by atoms with Crippen LogP contribution in [-0.2, 0) is 28.3 Å². The monoisotopic (exact) mass is 473 g/mol. The SMILES string of the molecule is CC(F)(F)c1ccc([C@H](C(=O)O)N2CC[C@@H](OCCCCc3ccc4c(n3)NCCC4)C2)cc1. The lowest BCUT2D eigenvalue weighted by molar-refractivity contribution is -0.143. The number of carboxylic acids is 1. The fourth-order valence-electron chi connectivity index (χ4n) is 4.76. The van der Waals surface area contributed by atoms with Crippen molar-refractivity contribution >= 4 is 11.8 Å². The number of fused-ring (bicyclic) bond motifs is 1. The normalized spacial score (nSPS) is 19.4. The van der Waals surface area contributed by atoms with Crippen LogP contribution < -0.4 is 5.32 Å². The highest BCUT2D eigenvalue weighted by Gasteiger charge is 2.34. The van der Waals surface area contributed by atoms with Crippen molar-refractivity contribution in [2.24, 2.45) is 0 Å². The lowest BCUT2D eigenvalue weighted by Crippen LogP contribution is -2.33. The number of likely N-dealkylation sites (tertiary alicyclic amines) is 1. The summed E-state index contributed by atoms with van der Waals surface area (Å²) >= 11 is 0. The fourth-order valence-corrected chi connectivity index (χ4v) is 4.76. The van der Waals surface area contributed by atoms with Crippen LogP contribution in [0.2, 0.25) is 0 Å². The summed E-state index contributed by atoms with van der Waals surface area (Å²) in [6.07, 6.45) is 5.78. The van der Waals surface area contributed by atoms with Gasteiger partial charge in [-0.3, -0.25) is 9.69 Å². The summed E-state index contributed by atoms with van der Waals surface area (Å²) in [6.45, 7) is 3.55. The van der Waals surface area contributed by atoms with Crippen molar-refractivity contribution in [3.8, 4) is 0 Å². The van der Waals surface area contributed by atoms with Gasteiger partial charge >= 0.3 is 5.97 Å². The first-order chi connectivity index (χ1) is 16.3. The third-order valence-electron chi connectivity index (χ3n) is 6.64. The Bertz CT molecular complexity index is 978. The van der Waals surface area contributed by atoms with E-state index >= 15 is 0 Å². The number of pyridine rings is 1. The molecule has 184 valence electrons. The second-order valence-electron chi connectivity index (χ2n) is 9.33. The number of halogens is 2. The van der Waals surface area contributed by atoms with Gasteiger partial charge in [0.25, 0.3) is 5.92 Å². The number of ether oxygens (including phenoxy) is 1. The molecule has 34 heavy (non-hydrogen) atoms. The van der Waals surface area contributed by atoms with Crippen LogP contribution in [-0.4, -0.2) is 53.3 Å². The Balaban J connectivity index is 1.22.